The first-order chi connectivity index (χ1) is 7.67. The number of hydrogen-bond acceptors (Lipinski definition) is 4. The van der Waals surface area contributed by atoms with Crippen molar-refractivity contribution < 1.29 is 14.3 Å². The lowest BCUT2D eigenvalue weighted by molar-refractivity contribution is -0.119. The number of amides is 1. The van der Waals surface area contributed by atoms with Crippen molar-refractivity contribution in [3.8, 4) is 11.5 Å². The maximum Gasteiger partial charge on any atom is 0.255 e. The lowest BCUT2D eigenvalue weighted by atomic mass is 10.2. The summed E-state index contributed by atoms with van der Waals surface area (Å²) in [5.74, 6) is 0.886. The summed E-state index contributed by atoms with van der Waals surface area (Å²) in [5, 5.41) is 3.01. The van der Waals surface area contributed by atoms with Crippen LogP contribution in [0.4, 0.5) is 0 Å². The average molecular weight is 224 g/mol. The first kappa shape index (κ1) is 12.3. The van der Waals surface area contributed by atoms with Gasteiger partial charge in [0.05, 0.1) is 7.11 Å². The Balaban J connectivity index is 2.84. The molecule has 16 heavy (non-hydrogen) atoms. The van der Waals surface area contributed by atoms with Crippen molar-refractivity contribution in [1.29, 1.82) is 0 Å². The fourth-order valence-electron chi connectivity index (χ4n) is 1.30. The summed E-state index contributed by atoms with van der Waals surface area (Å²) in [6, 6.07) is 5.39. The normalized spacial score (nSPS) is 9.88. The molecule has 0 aromatic heterocycles. The number of nitrogens with two attached hydrogens (primary N) is 1. The Morgan fingerprint density at radius 3 is 2.81 bits per heavy atom. The van der Waals surface area contributed by atoms with E-state index < -0.39 is 5.91 Å². The Morgan fingerprint density at radius 2 is 2.25 bits per heavy atom. The van der Waals surface area contributed by atoms with Crippen molar-refractivity contribution in [2.75, 3.05) is 20.8 Å². The van der Waals surface area contributed by atoms with E-state index in [0.29, 0.717) is 12.3 Å². The van der Waals surface area contributed by atoms with Crippen LogP contribution in [0.2, 0.25) is 0 Å². The molecule has 0 atom stereocenters. The predicted octanol–water partition coefficient (Wildman–Crippen LogP) is 0.279. The van der Waals surface area contributed by atoms with Crippen LogP contribution in [-0.2, 0) is 11.3 Å². The highest BCUT2D eigenvalue weighted by molar-refractivity contribution is 5.75. The van der Waals surface area contributed by atoms with Crippen molar-refractivity contribution in [3.63, 3.8) is 0 Å². The van der Waals surface area contributed by atoms with Gasteiger partial charge in [-0.2, -0.15) is 0 Å². The number of benzene rings is 1. The molecule has 3 N–H and O–H groups in total. The monoisotopic (exact) mass is 224 g/mol. The highest BCUT2D eigenvalue weighted by Crippen LogP contribution is 2.23. The van der Waals surface area contributed by atoms with Gasteiger partial charge in [-0.3, -0.25) is 4.79 Å². The molecule has 0 saturated heterocycles. The zero-order valence-corrected chi connectivity index (χ0v) is 9.45. The summed E-state index contributed by atoms with van der Waals surface area (Å²) >= 11 is 0. The Kier molecular flexibility index (Phi) is 4.60. The lowest BCUT2D eigenvalue weighted by Crippen LogP contribution is -2.20. The number of primary amides is 1. The number of carbonyl (C=O) groups excluding carboxylic acids is 1. The van der Waals surface area contributed by atoms with Crippen LogP contribution in [0, 0.1) is 0 Å². The van der Waals surface area contributed by atoms with Crippen molar-refractivity contribution in [2.24, 2.45) is 5.73 Å². The fourth-order valence-corrected chi connectivity index (χ4v) is 1.30. The number of hydrogen-bond donors (Lipinski definition) is 2. The van der Waals surface area contributed by atoms with Gasteiger partial charge in [0.1, 0.15) is 11.5 Å². The molecule has 5 nitrogen and oxygen atoms in total. The van der Waals surface area contributed by atoms with Gasteiger partial charge in [0.25, 0.3) is 5.91 Å². The summed E-state index contributed by atoms with van der Waals surface area (Å²) in [6.07, 6.45) is 0. The van der Waals surface area contributed by atoms with Gasteiger partial charge in [0.15, 0.2) is 6.61 Å². The van der Waals surface area contributed by atoms with E-state index in [1.165, 1.54) is 0 Å². The minimum atomic E-state index is -0.494. The van der Waals surface area contributed by atoms with Crippen molar-refractivity contribution >= 4 is 5.91 Å². The topological polar surface area (TPSA) is 73.6 Å². The third-order valence-corrected chi connectivity index (χ3v) is 2.00. The number of methoxy groups -OCH3 is 1. The Bertz CT molecular complexity index is 366. The van der Waals surface area contributed by atoms with Crippen LogP contribution in [0.15, 0.2) is 18.2 Å². The number of rotatable bonds is 6. The standard InChI is InChI=1S/C11H16N2O3/c1-13-6-8-5-9(15-2)3-4-10(8)16-7-11(12)14/h3-5,13H,6-7H2,1-2H3,(H2,12,14). The van der Waals surface area contributed by atoms with Gasteiger partial charge in [-0.15, -0.1) is 0 Å². The van der Waals surface area contributed by atoms with Crippen molar-refractivity contribution in [1.82, 2.24) is 5.32 Å². The second-order valence-corrected chi connectivity index (χ2v) is 3.26. The van der Waals surface area contributed by atoms with E-state index in [1.54, 1.807) is 19.2 Å². The van der Waals surface area contributed by atoms with Gasteiger partial charge in [-0.1, -0.05) is 0 Å². The smallest absolute Gasteiger partial charge is 0.255 e. The van der Waals surface area contributed by atoms with Crippen LogP contribution >= 0.6 is 0 Å². The molecule has 0 aliphatic heterocycles. The number of nitrogens with one attached hydrogen (secondary N) is 1. The average Bonchev–Trinajstić information content (AvgIpc) is 2.27. The van der Waals surface area contributed by atoms with E-state index in [4.69, 9.17) is 15.2 Å². The molecular formula is C11H16N2O3. The van der Waals surface area contributed by atoms with Crippen LogP contribution in [0.5, 0.6) is 11.5 Å². The molecule has 0 fully saturated rings. The Labute approximate surface area is 94.5 Å². The molecule has 0 unspecified atom stereocenters. The molecule has 0 aliphatic carbocycles. The zero-order chi connectivity index (χ0) is 12.0. The zero-order valence-electron chi connectivity index (χ0n) is 9.45. The molecular weight excluding hydrogens is 208 g/mol. The summed E-state index contributed by atoms with van der Waals surface area (Å²) in [7, 11) is 3.43. The summed E-state index contributed by atoms with van der Waals surface area (Å²) < 4.78 is 10.4. The molecule has 1 aromatic rings. The van der Waals surface area contributed by atoms with E-state index in [9.17, 15) is 4.79 Å². The molecule has 0 bridgehead atoms. The van der Waals surface area contributed by atoms with E-state index in [2.05, 4.69) is 5.32 Å². The second-order valence-electron chi connectivity index (χ2n) is 3.26. The molecule has 1 aromatic carbocycles. The van der Waals surface area contributed by atoms with E-state index >= 15 is 0 Å². The maximum absolute atomic E-state index is 10.6. The Morgan fingerprint density at radius 1 is 1.50 bits per heavy atom. The second kappa shape index (κ2) is 5.97. The predicted molar refractivity (Wildman–Crippen MR) is 60.4 cm³/mol. The minimum Gasteiger partial charge on any atom is -0.497 e. The van der Waals surface area contributed by atoms with Gasteiger partial charge < -0.3 is 20.5 Å². The largest absolute Gasteiger partial charge is 0.497 e. The highest BCUT2D eigenvalue weighted by atomic mass is 16.5. The molecule has 0 aliphatic rings. The summed E-state index contributed by atoms with van der Waals surface area (Å²) in [5.41, 5.74) is 5.94. The van der Waals surface area contributed by atoms with Crippen LogP contribution in [0.1, 0.15) is 5.56 Å². The fraction of sp³-hybridized carbons (Fsp3) is 0.364. The van der Waals surface area contributed by atoms with Crippen LogP contribution in [0.3, 0.4) is 0 Å². The third kappa shape index (κ3) is 3.43. The molecule has 0 spiro atoms. The van der Waals surface area contributed by atoms with E-state index in [-0.39, 0.29) is 6.61 Å². The molecule has 0 saturated carbocycles. The summed E-state index contributed by atoms with van der Waals surface area (Å²) in [6.45, 7) is 0.508. The number of carbonyl (C=O) groups is 1. The van der Waals surface area contributed by atoms with Crippen molar-refractivity contribution in [2.45, 2.75) is 6.54 Å². The Hall–Kier alpha value is -1.75. The molecule has 0 heterocycles. The highest BCUT2D eigenvalue weighted by Gasteiger charge is 2.06. The van der Waals surface area contributed by atoms with Gasteiger partial charge in [-0.05, 0) is 25.2 Å². The number of ether oxygens (including phenoxy) is 2. The van der Waals surface area contributed by atoms with Gasteiger partial charge in [0, 0.05) is 12.1 Å². The van der Waals surface area contributed by atoms with Gasteiger partial charge in [0.2, 0.25) is 0 Å². The summed E-state index contributed by atoms with van der Waals surface area (Å²) in [4.78, 5) is 10.6. The molecule has 88 valence electrons. The lowest BCUT2D eigenvalue weighted by Gasteiger charge is -2.11. The van der Waals surface area contributed by atoms with Gasteiger partial charge >= 0.3 is 0 Å². The van der Waals surface area contributed by atoms with E-state index in [1.807, 2.05) is 13.1 Å². The molecule has 1 amide bonds. The minimum absolute atomic E-state index is 0.122. The quantitative estimate of drug-likeness (QED) is 0.728. The first-order valence-corrected chi connectivity index (χ1v) is 4.90. The van der Waals surface area contributed by atoms with Crippen LogP contribution in [-0.4, -0.2) is 26.7 Å². The molecule has 0 radical (unpaired) electrons. The van der Waals surface area contributed by atoms with Crippen molar-refractivity contribution in [3.05, 3.63) is 23.8 Å². The molecule has 1 rings (SSSR count). The maximum atomic E-state index is 10.6. The van der Waals surface area contributed by atoms with Gasteiger partial charge in [-0.25, -0.2) is 0 Å². The SMILES string of the molecule is CNCc1cc(OC)ccc1OCC(N)=O. The molecule has 5 heteroatoms. The third-order valence-electron chi connectivity index (χ3n) is 2.00. The first-order valence-electron chi connectivity index (χ1n) is 4.90. The van der Waals surface area contributed by atoms with Crippen LogP contribution < -0.4 is 20.5 Å². The van der Waals surface area contributed by atoms with E-state index in [0.717, 1.165) is 11.3 Å². The van der Waals surface area contributed by atoms with Crippen LogP contribution in [0.25, 0.3) is 0 Å².